The molecule has 0 aromatic carbocycles. The molecule has 2 fully saturated rings. The lowest BCUT2D eigenvalue weighted by Crippen LogP contribution is -2.49. The predicted octanol–water partition coefficient (Wildman–Crippen LogP) is -1.14. The topological polar surface area (TPSA) is 70.6 Å². The van der Waals surface area contributed by atoms with E-state index in [2.05, 4.69) is 10.6 Å². The Bertz CT molecular complexity index is 225. The van der Waals surface area contributed by atoms with Crippen molar-refractivity contribution in [3.05, 3.63) is 0 Å². The summed E-state index contributed by atoms with van der Waals surface area (Å²) in [6.07, 6.45) is 1.38. The molecule has 0 spiro atoms. The van der Waals surface area contributed by atoms with Crippen LogP contribution in [0.25, 0.3) is 0 Å². The van der Waals surface area contributed by atoms with Gasteiger partial charge in [0.05, 0.1) is 12.7 Å². The smallest absolute Gasteiger partial charge is 0.250 e. The fraction of sp³-hybridized carbons (Fsp3) is 0.900. The minimum Gasteiger partial charge on any atom is -0.391 e. The number of morpholine rings is 1. The van der Waals surface area contributed by atoms with Crippen molar-refractivity contribution >= 4 is 5.91 Å². The zero-order valence-electron chi connectivity index (χ0n) is 8.74. The first kappa shape index (κ1) is 10.9. The first-order valence-electron chi connectivity index (χ1n) is 5.55. The van der Waals surface area contributed by atoms with E-state index in [1.807, 2.05) is 0 Å². The molecular formula is C10H18N2O3. The maximum absolute atomic E-state index is 11.6. The molecule has 0 bridgehead atoms. The van der Waals surface area contributed by atoms with Crippen molar-refractivity contribution in [3.63, 3.8) is 0 Å². The van der Waals surface area contributed by atoms with Gasteiger partial charge in [0.25, 0.3) is 5.91 Å². The highest BCUT2D eigenvalue weighted by Crippen LogP contribution is 2.32. The summed E-state index contributed by atoms with van der Waals surface area (Å²) in [6.45, 7) is 2.28. The van der Waals surface area contributed by atoms with E-state index in [1.165, 1.54) is 0 Å². The van der Waals surface area contributed by atoms with E-state index >= 15 is 0 Å². The van der Waals surface area contributed by atoms with Crippen molar-refractivity contribution in [1.29, 1.82) is 0 Å². The summed E-state index contributed by atoms with van der Waals surface area (Å²) in [5.41, 5.74) is 0. The van der Waals surface area contributed by atoms with Gasteiger partial charge in [-0.15, -0.1) is 0 Å². The van der Waals surface area contributed by atoms with Gasteiger partial charge in [0.2, 0.25) is 0 Å². The van der Waals surface area contributed by atoms with E-state index in [0.717, 1.165) is 19.4 Å². The van der Waals surface area contributed by atoms with E-state index in [-0.39, 0.29) is 12.0 Å². The van der Waals surface area contributed by atoms with Crippen molar-refractivity contribution in [2.24, 2.45) is 5.92 Å². The molecule has 3 N–H and O–H groups in total. The molecule has 2 atom stereocenters. The molecule has 5 nitrogen and oxygen atoms in total. The summed E-state index contributed by atoms with van der Waals surface area (Å²) in [7, 11) is 0. The number of ether oxygens (including phenoxy) is 1. The highest BCUT2D eigenvalue weighted by molar-refractivity contribution is 5.81. The Morgan fingerprint density at radius 3 is 3.00 bits per heavy atom. The molecule has 2 unspecified atom stereocenters. The zero-order chi connectivity index (χ0) is 10.7. The molecule has 1 saturated heterocycles. The minimum atomic E-state index is -0.398. The number of carbonyl (C=O) groups is 1. The van der Waals surface area contributed by atoms with E-state index in [1.54, 1.807) is 0 Å². The Balaban J connectivity index is 1.66. The minimum absolute atomic E-state index is 0.123. The number of rotatable bonds is 4. The molecule has 0 radical (unpaired) electrons. The SMILES string of the molecule is O=C(NCC(O)C1CC1)C1CNCCO1. The van der Waals surface area contributed by atoms with Crippen LogP contribution in [0.15, 0.2) is 0 Å². The second-order valence-electron chi connectivity index (χ2n) is 4.21. The summed E-state index contributed by atoms with van der Waals surface area (Å²) < 4.78 is 5.29. The second-order valence-corrected chi connectivity index (χ2v) is 4.21. The molecule has 2 rings (SSSR count). The number of aliphatic hydroxyl groups is 1. The lowest BCUT2D eigenvalue weighted by Gasteiger charge is -2.23. The molecule has 0 aromatic rings. The number of hydrogen-bond acceptors (Lipinski definition) is 4. The van der Waals surface area contributed by atoms with Gasteiger partial charge < -0.3 is 20.5 Å². The molecule has 1 aliphatic heterocycles. The molecule has 86 valence electrons. The monoisotopic (exact) mass is 214 g/mol. The first-order chi connectivity index (χ1) is 7.27. The Morgan fingerprint density at radius 1 is 1.60 bits per heavy atom. The predicted molar refractivity (Wildman–Crippen MR) is 54.4 cm³/mol. The molecule has 1 heterocycles. The normalized spacial score (nSPS) is 28.5. The Kier molecular flexibility index (Phi) is 3.56. The summed E-state index contributed by atoms with van der Waals surface area (Å²) in [5.74, 6) is 0.276. The summed E-state index contributed by atoms with van der Waals surface area (Å²) in [4.78, 5) is 11.6. The second kappa shape index (κ2) is 4.92. The largest absolute Gasteiger partial charge is 0.391 e. The van der Waals surface area contributed by atoms with Gasteiger partial charge in [-0.25, -0.2) is 0 Å². The zero-order valence-corrected chi connectivity index (χ0v) is 8.74. The van der Waals surface area contributed by atoms with Crippen molar-refractivity contribution in [3.8, 4) is 0 Å². The molecular weight excluding hydrogens is 196 g/mol. The van der Waals surface area contributed by atoms with Crippen molar-refractivity contribution < 1.29 is 14.6 Å². The number of nitrogens with one attached hydrogen (secondary N) is 2. The molecule has 2 aliphatic rings. The molecule has 15 heavy (non-hydrogen) atoms. The van der Waals surface area contributed by atoms with Gasteiger partial charge in [-0.05, 0) is 18.8 Å². The van der Waals surface area contributed by atoms with Crippen molar-refractivity contribution in [1.82, 2.24) is 10.6 Å². The van der Waals surface area contributed by atoms with E-state index in [4.69, 9.17) is 4.74 Å². The van der Waals surface area contributed by atoms with Crippen LogP contribution < -0.4 is 10.6 Å². The molecule has 1 saturated carbocycles. The van der Waals surface area contributed by atoms with Crippen LogP contribution in [-0.2, 0) is 9.53 Å². The van der Waals surface area contributed by atoms with Gasteiger partial charge in [-0.2, -0.15) is 0 Å². The molecule has 5 heteroatoms. The summed E-state index contributed by atoms with van der Waals surface area (Å²) in [6, 6.07) is 0. The van der Waals surface area contributed by atoms with Crippen LogP contribution in [0, 0.1) is 5.92 Å². The van der Waals surface area contributed by atoms with Crippen LogP contribution in [0.4, 0.5) is 0 Å². The van der Waals surface area contributed by atoms with Gasteiger partial charge in [0, 0.05) is 19.6 Å². The van der Waals surface area contributed by atoms with Crippen LogP contribution in [0.1, 0.15) is 12.8 Å². The van der Waals surface area contributed by atoms with Crippen LogP contribution in [0.2, 0.25) is 0 Å². The van der Waals surface area contributed by atoms with Crippen LogP contribution in [0.3, 0.4) is 0 Å². The number of amides is 1. The van der Waals surface area contributed by atoms with E-state index < -0.39 is 6.10 Å². The Hall–Kier alpha value is -0.650. The molecule has 1 amide bonds. The number of hydrogen-bond donors (Lipinski definition) is 3. The maximum atomic E-state index is 11.6. The fourth-order valence-corrected chi connectivity index (χ4v) is 1.70. The lowest BCUT2D eigenvalue weighted by molar-refractivity contribution is -0.134. The van der Waals surface area contributed by atoms with E-state index in [9.17, 15) is 9.90 Å². The van der Waals surface area contributed by atoms with Gasteiger partial charge in [0.1, 0.15) is 6.10 Å². The number of aliphatic hydroxyl groups excluding tert-OH is 1. The third kappa shape index (κ3) is 3.15. The third-order valence-corrected chi connectivity index (χ3v) is 2.87. The highest BCUT2D eigenvalue weighted by Gasteiger charge is 2.30. The molecule has 0 aromatic heterocycles. The average Bonchev–Trinajstić information content (AvgIpc) is 3.10. The first-order valence-corrected chi connectivity index (χ1v) is 5.55. The Labute approximate surface area is 89.2 Å². The van der Waals surface area contributed by atoms with Crippen molar-refractivity contribution in [2.45, 2.75) is 25.0 Å². The van der Waals surface area contributed by atoms with E-state index in [0.29, 0.717) is 25.6 Å². The van der Waals surface area contributed by atoms with Gasteiger partial charge in [-0.3, -0.25) is 4.79 Å². The summed E-state index contributed by atoms with van der Waals surface area (Å²) in [5, 5.41) is 15.4. The van der Waals surface area contributed by atoms with Gasteiger partial charge >= 0.3 is 0 Å². The van der Waals surface area contributed by atoms with Crippen molar-refractivity contribution in [2.75, 3.05) is 26.2 Å². The lowest BCUT2D eigenvalue weighted by atomic mass is 10.2. The highest BCUT2D eigenvalue weighted by atomic mass is 16.5. The summed E-state index contributed by atoms with van der Waals surface area (Å²) >= 11 is 0. The third-order valence-electron chi connectivity index (χ3n) is 2.87. The molecule has 1 aliphatic carbocycles. The van der Waals surface area contributed by atoms with Gasteiger partial charge in [0.15, 0.2) is 0 Å². The average molecular weight is 214 g/mol. The quantitative estimate of drug-likeness (QED) is 0.553. The van der Waals surface area contributed by atoms with Crippen LogP contribution in [0.5, 0.6) is 0 Å². The maximum Gasteiger partial charge on any atom is 0.250 e. The van der Waals surface area contributed by atoms with Crippen LogP contribution >= 0.6 is 0 Å². The number of carbonyl (C=O) groups excluding carboxylic acids is 1. The Morgan fingerprint density at radius 2 is 2.40 bits per heavy atom. The fourth-order valence-electron chi connectivity index (χ4n) is 1.70. The van der Waals surface area contributed by atoms with Crippen LogP contribution in [-0.4, -0.2) is 49.5 Å². The standard InChI is InChI=1S/C10H18N2O3/c13-8(7-1-2-7)5-12-10(14)9-6-11-3-4-15-9/h7-9,11,13H,1-6H2,(H,12,14). The van der Waals surface area contributed by atoms with Gasteiger partial charge in [-0.1, -0.05) is 0 Å².